The van der Waals surface area contributed by atoms with Gasteiger partial charge in [0, 0.05) is 19.4 Å². The van der Waals surface area contributed by atoms with E-state index < -0.39 is 12.0 Å². The predicted octanol–water partition coefficient (Wildman–Crippen LogP) is 3.76. The van der Waals surface area contributed by atoms with Crippen molar-refractivity contribution in [3.8, 4) is 0 Å². The van der Waals surface area contributed by atoms with Gasteiger partial charge >= 0.3 is 5.97 Å². The molecule has 0 spiro atoms. The van der Waals surface area contributed by atoms with E-state index in [1.807, 2.05) is 42.5 Å². The molecule has 35 heavy (non-hydrogen) atoms. The van der Waals surface area contributed by atoms with Crippen LogP contribution in [0, 0.1) is 11.8 Å². The van der Waals surface area contributed by atoms with E-state index in [0.29, 0.717) is 25.3 Å². The lowest BCUT2D eigenvalue weighted by Gasteiger charge is -2.32. The van der Waals surface area contributed by atoms with E-state index in [1.54, 1.807) is 0 Å². The second-order valence-corrected chi connectivity index (χ2v) is 9.72. The number of esters is 1. The highest BCUT2D eigenvalue weighted by molar-refractivity contribution is 5.86. The van der Waals surface area contributed by atoms with Crippen LogP contribution in [-0.2, 0) is 19.1 Å². The van der Waals surface area contributed by atoms with Crippen molar-refractivity contribution in [3.63, 3.8) is 0 Å². The van der Waals surface area contributed by atoms with Gasteiger partial charge in [0.1, 0.15) is 6.10 Å². The molecule has 0 aliphatic carbocycles. The number of amides is 2. The fraction of sp³-hybridized carbons (Fsp3) is 0.607. The van der Waals surface area contributed by atoms with Crippen LogP contribution >= 0.6 is 0 Å². The number of ether oxygens (including phenoxy) is 1. The number of allylic oxidation sites excluding steroid dienone is 2. The van der Waals surface area contributed by atoms with Crippen molar-refractivity contribution in [2.24, 2.45) is 11.8 Å². The highest BCUT2D eigenvalue weighted by atomic mass is 16.5. The monoisotopic (exact) mass is 483 g/mol. The van der Waals surface area contributed by atoms with Crippen LogP contribution in [0.3, 0.4) is 0 Å². The Balaban J connectivity index is 1.51. The molecular formula is C28H41N3O4. The number of carbonyl (C=O) groups is 3. The Morgan fingerprint density at radius 1 is 1.14 bits per heavy atom. The second-order valence-electron chi connectivity index (χ2n) is 9.72. The summed E-state index contributed by atoms with van der Waals surface area (Å²) in [4.78, 5) is 40.4. The van der Waals surface area contributed by atoms with E-state index >= 15 is 0 Å². The van der Waals surface area contributed by atoms with Gasteiger partial charge in [-0.3, -0.25) is 14.4 Å². The first-order chi connectivity index (χ1) is 17.0. The zero-order valence-corrected chi connectivity index (χ0v) is 21.0. The lowest BCUT2D eigenvalue weighted by molar-refractivity contribution is -0.150. The number of hydrogen-bond acceptors (Lipinski definition) is 5. The lowest BCUT2D eigenvalue weighted by atomic mass is 9.95. The van der Waals surface area contributed by atoms with Crippen LogP contribution in [-0.4, -0.2) is 55.4 Å². The van der Waals surface area contributed by atoms with Gasteiger partial charge in [0.25, 0.3) is 0 Å². The van der Waals surface area contributed by atoms with Crippen LogP contribution < -0.4 is 10.6 Å². The molecule has 2 N–H and O–H groups in total. The Bertz CT molecular complexity index is 834. The number of carbonyl (C=O) groups excluding carboxylic acids is 3. The number of benzene rings is 1. The molecule has 2 amide bonds. The number of rotatable bonds is 8. The van der Waals surface area contributed by atoms with Crippen molar-refractivity contribution in [1.29, 1.82) is 0 Å². The maximum Gasteiger partial charge on any atom is 0.306 e. The van der Waals surface area contributed by atoms with E-state index in [-0.39, 0.29) is 37.2 Å². The zero-order chi connectivity index (χ0) is 24.9. The summed E-state index contributed by atoms with van der Waals surface area (Å²) in [6.45, 7) is 6.46. The Labute approximate surface area is 209 Å². The van der Waals surface area contributed by atoms with Crippen LogP contribution in [0.15, 0.2) is 42.5 Å². The molecule has 1 saturated heterocycles. The summed E-state index contributed by atoms with van der Waals surface area (Å²) in [7, 11) is 0. The molecule has 0 bridgehead atoms. The van der Waals surface area contributed by atoms with Gasteiger partial charge in [0.05, 0.1) is 12.5 Å². The van der Waals surface area contributed by atoms with E-state index in [0.717, 1.165) is 31.5 Å². The van der Waals surface area contributed by atoms with Crippen molar-refractivity contribution in [2.45, 2.75) is 64.4 Å². The molecule has 0 aromatic heterocycles. The molecule has 0 unspecified atom stereocenters. The molecule has 0 saturated carbocycles. The highest BCUT2D eigenvalue weighted by Gasteiger charge is 2.25. The first kappa shape index (κ1) is 26.9. The lowest BCUT2D eigenvalue weighted by Crippen LogP contribution is -2.40. The topological polar surface area (TPSA) is 87.7 Å². The first-order valence-corrected chi connectivity index (χ1v) is 13.2. The average Bonchev–Trinajstić information content (AvgIpc) is 2.88. The molecule has 7 nitrogen and oxygen atoms in total. The molecule has 1 aromatic rings. The largest absolute Gasteiger partial charge is 0.456 e. The summed E-state index contributed by atoms with van der Waals surface area (Å²) in [5, 5.41) is 5.99. The van der Waals surface area contributed by atoms with Gasteiger partial charge in [-0.05, 0) is 63.2 Å². The average molecular weight is 484 g/mol. The van der Waals surface area contributed by atoms with E-state index in [9.17, 15) is 14.4 Å². The molecule has 2 heterocycles. The maximum atomic E-state index is 13.0. The van der Waals surface area contributed by atoms with Crippen LogP contribution in [0.5, 0.6) is 0 Å². The standard InChI is InChI=1S/C28H41N3O4/c1-2-3-16-31-17-14-22(15-18-31)20-29-26(32)19-24-12-8-5-9-13-27(33)35-25(21-30-28(24)34)23-10-6-4-7-11-23/h4-8,10-11,22,24-25H,2-3,9,12-21H2,1H3,(H,29,32)(H,30,34)/b8-5+/t24-,25-/m0/s1. The number of likely N-dealkylation sites (tertiary alicyclic amines) is 1. The van der Waals surface area contributed by atoms with Gasteiger partial charge in [-0.1, -0.05) is 55.8 Å². The van der Waals surface area contributed by atoms with Crippen LogP contribution in [0.1, 0.15) is 70.0 Å². The van der Waals surface area contributed by atoms with Gasteiger partial charge < -0.3 is 20.3 Å². The normalized spacial score (nSPS) is 23.9. The molecule has 192 valence electrons. The summed E-state index contributed by atoms with van der Waals surface area (Å²) < 4.78 is 5.64. The van der Waals surface area contributed by atoms with Gasteiger partial charge in [0.2, 0.25) is 11.8 Å². The Morgan fingerprint density at radius 2 is 1.91 bits per heavy atom. The number of nitrogens with one attached hydrogen (secondary N) is 2. The van der Waals surface area contributed by atoms with Crippen LogP contribution in [0.4, 0.5) is 0 Å². The maximum absolute atomic E-state index is 13.0. The summed E-state index contributed by atoms with van der Waals surface area (Å²) in [5.74, 6) is -0.501. The molecule has 2 aliphatic heterocycles. The van der Waals surface area contributed by atoms with Crippen LogP contribution in [0.25, 0.3) is 0 Å². The SMILES string of the molecule is CCCCN1CCC(CNC(=O)C[C@@H]2C/C=C/CCC(=O)O[C@H](c3ccccc3)CNC2=O)CC1. The fourth-order valence-electron chi connectivity index (χ4n) is 4.66. The van der Waals surface area contributed by atoms with Gasteiger partial charge in [-0.25, -0.2) is 0 Å². The number of piperidine rings is 1. The molecule has 1 fully saturated rings. The molecule has 0 radical (unpaired) electrons. The molecule has 2 atom stereocenters. The van der Waals surface area contributed by atoms with Gasteiger partial charge in [-0.15, -0.1) is 0 Å². The smallest absolute Gasteiger partial charge is 0.306 e. The Hall–Kier alpha value is -2.67. The fourth-order valence-corrected chi connectivity index (χ4v) is 4.66. The molecule has 3 rings (SSSR count). The molecular weight excluding hydrogens is 442 g/mol. The third kappa shape index (κ3) is 9.48. The predicted molar refractivity (Wildman–Crippen MR) is 136 cm³/mol. The summed E-state index contributed by atoms with van der Waals surface area (Å²) in [6.07, 6.45) is 9.39. The Kier molecular flexibility index (Phi) is 11.3. The Morgan fingerprint density at radius 3 is 2.66 bits per heavy atom. The van der Waals surface area contributed by atoms with E-state index in [1.165, 1.54) is 19.4 Å². The molecule has 2 aliphatic rings. The molecule has 7 heteroatoms. The van der Waals surface area contributed by atoms with Crippen molar-refractivity contribution in [1.82, 2.24) is 15.5 Å². The number of nitrogens with zero attached hydrogens (tertiary/aromatic N) is 1. The summed E-state index contributed by atoms with van der Waals surface area (Å²) >= 11 is 0. The zero-order valence-electron chi connectivity index (χ0n) is 21.0. The quantitative estimate of drug-likeness (QED) is 0.434. The molecule has 1 aromatic carbocycles. The van der Waals surface area contributed by atoms with Gasteiger partial charge in [0.15, 0.2) is 0 Å². The number of hydrogen-bond donors (Lipinski definition) is 2. The third-order valence-corrected chi connectivity index (χ3v) is 6.93. The highest BCUT2D eigenvalue weighted by Crippen LogP contribution is 2.20. The summed E-state index contributed by atoms with van der Waals surface area (Å²) in [5.41, 5.74) is 0.837. The van der Waals surface area contributed by atoms with Gasteiger partial charge in [-0.2, -0.15) is 0 Å². The van der Waals surface area contributed by atoms with Crippen molar-refractivity contribution in [3.05, 3.63) is 48.0 Å². The number of unbranched alkanes of at least 4 members (excludes halogenated alkanes) is 1. The first-order valence-electron chi connectivity index (χ1n) is 13.2. The summed E-state index contributed by atoms with van der Waals surface area (Å²) in [6, 6.07) is 9.43. The van der Waals surface area contributed by atoms with Crippen molar-refractivity contribution in [2.75, 3.05) is 32.7 Å². The van der Waals surface area contributed by atoms with E-state index in [4.69, 9.17) is 4.74 Å². The minimum Gasteiger partial charge on any atom is -0.456 e. The van der Waals surface area contributed by atoms with Crippen LogP contribution in [0.2, 0.25) is 0 Å². The van der Waals surface area contributed by atoms with Crippen molar-refractivity contribution >= 4 is 17.8 Å². The minimum absolute atomic E-state index is 0.0786. The third-order valence-electron chi connectivity index (χ3n) is 6.93. The van der Waals surface area contributed by atoms with Crippen molar-refractivity contribution < 1.29 is 19.1 Å². The minimum atomic E-state index is -0.547. The number of cyclic esters (lactones) is 1. The second kappa shape index (κ2) is 14.7. The van der Waals surface area contributed by atoms with E-state index in [2.05, 4.69) is 22.5 Å².